The van der Waals surface area contributed by atoms with Crippen molar-refractivity contribution in [1.29, 1.82) is 0 Å². The number of fused-ring (bicyclic) bond motifs is 1. The first kappa shape index (κ1) is 26.7. The number of halogens is 2. The van der Waals surface area contributed by atoms with Crippen molar-refractivity contribution in [1.82, 2.24) is 23.9 Å². The van der Waals surface area contributed by atoms with E-state index in [-0.39, 0.29) is 10.7 Å². The van der Waals surface area contributed by atoms with Gasteiger partial charge in [0.05, 0.1) is 23.6 Å². The summed E-state index contributed by atoms with van der Waals surface area (Å²) in [5.74, 6) is -0.318. The summed E-state index contributed by atoms with van der Waals surface area (Å²) in [6, 6.07) is 20.1. The van der Waals surface area contributed by atoms with Crippen LogP contribution in [0.4, 0.5) is 4.39 Å². The average Bonchev–Trinajstić information content (AvgIpc) is 3.69. The van der Waals surface area contributed by atoms with Gasteiger partial charge in [0.15, 0.2) is 0 Å². The van der Waals surface area contributed by atoms with Crippen LogP contribution in [0.25, 0.3) is 16.6 Å². The van der Waals surface area contributed by atoms with E-state index in [4.69, 9.17) is 11.6 Å². The molecule has 0 amide bonds. The summed E-state index contributed by atoms with van der Waals surface area (Å²) in [6.07, 6.45) is 6.92. The topological polar surface area (TPSA) is 73.0 Å². The summed E-state index contributed by atoms with van der Waals surface area (Å²) >= 11 is 7.02. The van der Waals surface area contributed by atoms with E-state index in [1.54, 1.807) is 38.2 Å². The molecule has 0 aliphatic carbocycles. The fourth-order valence-corrected chi connectivity index (χ4v) is 7.55. The van der Waals surface area contributed by atoms with E-state index in [1.165, 1.54) is 18.3 Å². The molecule has 40 heavy (non-hydrogen) atoms. The highest BCUT2D eigenvalue weighted by Crippen LogP contribution is 2.44. The number of benzene rings is 3. The normalized spacial score (nSPS) is 18.1. The Bertz CT molecular complexity index is 1770. The Morgan fingerprint density at radius 3 is 2.55 bits per heavy atom. The Balaban J connectivity index is 1.41. The van der Waals surface area contributed by atoms with Crippen LogP contribution in [0.3, 0.4) is 0 Å². The lowest BCUT2D eigenvalue weighted by atomic mass is 9.74. The van der Waals surface area contributed by atoms with Crippen LogP contribution in [-0.4, -0.2) is 45.4 Å². The lowest BCUT2D eigenvalue weighted by molar-refractivity contribution is 0.415. The van der Waals surface area contributed by atoms with Crippen LogP contribution in [0.15, 0.2) is 90.2 Å². The van der Waals surface area contributed by atoms with Gasteiger partial charge in [0, 0.05) is 41.7 Å². The largest absolute Gasteiger partial charge is 0.271 e. The standard InChI is InChI=1S/C30H29ClFN5O2S/c1-2-13-35-20-26(19-33-35)40(38,39)36-14-12-30(21-36,17-22-6-4-3-5-7-22)27-15-23-18-34-37(29(23)16-28(27)31)25-10-8-24(32)9-11-25/h3-11,15-16,18-20H,2,12-14,17,21H2,1H3. The summed E-state index contributed by atoms with van der Waals surface area (Å²) < 4.78 is 45.9. The highest BCUT2D eigenvalue weighted by molar-refractivity contribution is 7.89. The van der Waals surface area contributed by atoms with Crippen molar-refractivity contribution < 1.29 is 12.8 Å². The van der Waals surface area contributed by atoms with E-state index < -0.39 is 15.4 Å². The molecule has 0 N–H and O–H groups in total. The Kier molecular flexibility index (Phi) is 6.98. The molecule has 5 aromatic rings. The maximum Gasteiger partial charge on any atom is 0.246 e. The number of nitrogens with zero attached hydrogens (tertiary/aromatic N) is 5. The Hall–Kier alpha value is -3.53. The lowest BCUT2D eigenvalue weighted by Crippen LogP contribution is -2.36. The predicted molar refractivity (Wildman–Crippen MR) is 154 cm³/mol. The van der Waals surface area contributed by atoms with E-state index in [9.17, 15) is 12.8 Å². The SMILES string of the molecule is CCCn1cc(S(=O)(=O)N2CCC(Cc3ccccc3)(c3cc4cnn(-c5ccc(F)cc5)c4cc3Cl)C2)cn1. The third kappa shape index (κ3) is 4.82. The third-order valence-corrected chi connectivity index (χ3v) is 9.81. The van der Waals surface area contributed by atoms with Crippen molar-refractivity contribution in [3.63, 3.8) is 0 Å². The minimum Gasteiger partial charge on any atom is -0.271 e. The molecule has 0 bridgehead atoms. The second-order valence-corrected chi connectivity index (χ2v) is 12.7. The number of hydrogen-bond acceptors (Lipinski definition) is 4. The predicted octanol–water partition coefficient (Wildman–Crippen LogP) is 6.00. The highest BCUT2D eigenvalue weighted by Gasteiger charge is 2.45. The van der Waals surface area contributed by atoms with Crippen LogP contribution in [0.2, 0.25) is 5.02 Å². The fraction of sp³-hybridized carbons (Fsp3) is 0.267. The van der Waals surface area contributed by atoms with Gasteiger partial charge in [-0.2, -0.15) is 14.5 Å². The molecule has 6 rings (SSSR count). The molecular formula is C30H29ClFN5O2S. The molecule has 1 saturated heterocycles. The molecule has 0 saturated carbocycles. The smallest absolute Gasteiger partial charge is 0.246 e. The van der Waals surface area contributed by atoms with E-state index >= 15 is 0 Å². The first-order chi connectivity index (χ1) is 19.3. The highest BCUT2D eigenvalue weighted by atomic mass is 35.5. The van der Waals surface area contributed by atoms with Crippen molar-refractivity contribution >= 4 is 32.5 Å². The molecule has 206 valence electrons. The molecule has 3 aromatic carbocycles. The van der Waals surface area contributed by atoms with E-state index in [0.717, 1.165) is 34.1 Å². The summed E-state index contributed by atoms with van der Waals surface area (Å²) in [4.78, 5) is 0.207. The summed E-state index contributed by atoms with van der Waals surface area (Å²) in [7, 11) is -3.74. The van der Waals surface area contributed by atoms with E-state index in [0.29, 0.717) is 37.5 Å². The number of hydrogen-bond donors (Lipinski definition) is 0. The molecular weight excluding hydrogens is 549 g/mol. The van der Waals surface area contributed by atoms with Gasteiger partial charge in [-0.25, -0.2) is 17.5 Å². The van der Waals surface area contributed by atoms with E-state index in [2.05, 4.69) is 22.3 Å². The molecule has 1 unspecified atom stereocenters. The minimum absolute atomic E-state index is 0.207. The molecule has 0 radical (unpaired) electrons. The number of aromatic nitrogens is 4. The monoisotopic (exact) mass is 577 g/mol. The zero-order valence-corrected chi connectivity index (χ0v) is 23.6. The maximum absolute atomic E-state index is 13.7. The first-order valence-electron chi connectivity index (χ1n) is 13.3. The van der Waals surface area contributed by atoms with Crippen molar-refractivity contribution in [2.45, 2.75) is 43.0 Å². The van der Waals surface area contributed by atoms with Gasteiger partial charge in [0.1, 0.15) is 10.7 Å². The van der Waals surface area contributed by atoms with Gasteiger partial charge >= 0.3 is 0 Å². The van der Waals surface area contributed by atoms with Crippen LogP contribution in [0.1, 0.15) is 30.9 Å². The quantitative estimate of drug-likeness (QED) is 0.227. The first-order valence-corrected chi connectivity index (χ1v) is 15.1. The molecule has 1 fully saturated rings. The molecule has 1 atom stereocenters. The molecule has 2 aromatic heterocycles. The van der Waals surface area contributed by atoms with Gasteiger partial charge in [-0.1, -0.05) is 48.9 Å². The average molecular weight is 578 g/mol. The van der Waals surface area contributed by atoms with E-state index in [1.807, 2.05) is 37.3 Å². The Morgan fingerprint density at radius 2 is 1.80 bits per heavy atom. The van der Waals surface area contributed by atoms with Crippen molar-refractivity contribution in [3.05, 3.63) is 107 Å². The fourth-order valence-electron chi connectivity index (χ4n) is 5.71. The molecule has 10 heteroatoms. The second kappa shape index (κ2) is 10.5. The van der Waals surface area contributed by atoms with Gasteiger partial charge in [-0.15, -0.1) is 0 Å². The molecule has 1 aliphatic rings. The zero-order valence-electron chi connectivity index (χ0n) is 22.0. The van der Waals surface area contributed by atoms with Crippen LogP contribution in [-0.2, 0) is 28.4 Å². The molecule has 0 spiro atoms. The third-order valence-electron chi connectivity index (χ3n) is 7.70. The van der Waals surface area contributed by atoms with Crippen LogP contribution < -0.4 is 0 Å². The molecule has 1 aliphatic heterocycles. The second-order valence-electron chi connectivity index (χ2n) is 10.4. The van der Waals surface area contributed by atoms with Crippen molar-refractivity contribution in [3.8, 4) is 5.69 Å². The van der Waals surface area contributed by atoms with Gasteiger partial charge < -0.3 is 0 Å². The van der Waals surface area contributed by atoms with Crippen LogP contribution >= 0.6 is 11.6 Å². The molecule has 7 nitrogen and oxygen atoms in total. The van der Waals surface area contributed by atoms with Crippen LogP contribution in [0, 0.1) is 5.82 Å². The van der Waals surface area contributed by atoms with Gasteiger partial charge in [0.25, 0.3) is 0 Å². The summed E-state index contributed by atoms with van der Waals surface area (Å²) in [5.41, 5.74) is 2.97. The van der Waals surface area contributed by atoms with Crippen molar-refractivity contribution in [2.24, 2.45) is 0 Å². The van der Waals surface area contributed by atoms with Gasteiger partial charge in [0.2, 0.25) is 10.0 Å². The number of sulfonamides is 1. The number of rotatable bonds is 8. The Labute approximate surface area is 237 Å². The molecule has 3 heterocycles. The van der Waals surface area contributed by atoms with Crippen LogP contribution in [0.5, 0.6) is 0 Å². The minimum atomic E-state index is -3.74. The Morgan fingerprint density at radius 1 is 1.02 bits per heavy atom. The van der Waals surface area contributed by atoms with Gasteiger partial charge in [-0.3, -0.25) is 4.68 Å². The van der Waals surface area contributed by atoms with Gasteiger partial charge in [-0.05, 0) is 66.8 Å². The van der Waals surface area contributed by atoms with Crippen molar-refractivity contribution in [2.75, 3.05) is 13.1 Å². The summed E-state index contributed by atoms with van der Waals surface area (Å²) in [5, 5.41) is 10.2. The lowest BCUT2D eigenvalue weighted by Gasteiger charge is -2.31. The zero-order chi connectivity index (χ0) is 27.9. The maximum atomic E-state index is 13.7. The summed E-state index contributed by atoms with van der Waals surface area (Å²) in [6.45, 7) is 3.35. The number of aryl methyl sites for hydroxylation is 1.